The zero-order valence-electron chi connectivity index (χ0n) is 17.5. The lowest BCUT2D eigenvalue weighted by Gasteiger charge is -2.37. The van der Waals surface area contributed by atoms with Gasteiger partial charge in [0.15, 0.2) is 0 Å². The lowest BCUT2D eigenvalue weighted by Crippen LogP contribution is -2.28. The molecule has 1 aliphatic carbocycles. The highest BCUT2D eigenvalue weighted by molar-refractivity contribution is 9.10. The molecule has 5 rings (SSSR count). The van der Waals surface area contributed by atoms with Crippen LogP contribution < -0.4 is 10.1 Å². The van der Waals surface area contributed by atoms with Gasteiger partial charge in [0.1, 0.15) is 5.75 Å². The molecule has 0 fully saturated rings. The van der Waals surface area contributed by atoms with E-state index in [1.54, 1.807) is 0 Å². The lowest BCUT2D eigenvalue weighted by molar-refractivity contribution is 0.338. The third-order valence-electron chi connectivity index (χ3n) is 6.14. The van der Waals surface area contributed by atoms with Crippen molar-refractivity contribution in [3.05, 3.63) is 100 Å². The number of fused-ring (bicyclic) bond motifs is 3. The Kier molecular flexibility index (Phi) is 5.65. The molecule has 0 unspecified atom stereocenters. The molecule has 0 spiro atoms. The first-order chi connectivity index (χ1) is 15.2. The van der Waals surface area contributed by atoms with Crippen LogP contribution in [0, 0.1) is 5.92 Å². The summed E-state index contributed by atoms with van der Waals surface area (Å²) >= 11 is 3.56. The molecule has 31 heavy (non-hydrogen) atoms. The van der Waals surface area contributed by atoms with Crippen molar-refractivity contribution in [2.45, 2.75) is 25.3 Å². The van der Waals surface area contributed by atoms with Gasteiger partial charge in [0.05, 0.1) is 22.8 Å². The van der Waals surface area contributed by atoms with Crippen LogP contribution in [-0.2, 0) is 0 Å². The molecule has 156 valence electrons. The quantitative estimate of drug-likeness (QED) is 0.309. The maximum absolute atomic E-state index is 5.58. The van der Waals surface area contributed by atoms with Crippen LogP contribution >= 0.6 is 15.9 Å². The Labute approximate surface area is 192 Å². The van der Waals surface area contributed by atoms with Gasteiger partial charge in [-0.05, 0) is 88.3 Å². The Balaban J connectivity index is 1.34. The molecule has 1 N–H and O–H groups in total. The SMILES string of the molecule is CCOc1ccc(C=Nc2ccc([C@@H]3Nc4ccccc4[C@@H]4C=CC[C@H]43)cc2)cc1Br. The minimum absolute atomic E-state index is 0.315. The molecular formula is C27H25BrN2O. The molecular weight excluding hydrogens is 448 g/mol. The van der Waals surface area contributed by atoms with E-state index in [2.05, 4.69) is 86.9 Å². The van der Waals surface area contributed by atoms with Crippen molar-refractivity contribution >= 4 is 33.5 Å². The normalized spacial score (nSPS) is 21.5. The molecule has 1 aliphatic heterocycles. The number of nitrogens with zero attached hydrogens (tertiary/aromatic N) is 1. The first-order valence-electron chi connectivity index (χ1n) is 10.8. The summed E-state index contributed by atoms with van der Waals surface area (Å²) in [5.41, 5.74) is 5.97. The van der Waals surface area contributed by atoms with E-state index in [-0.39, 0.29) is 0 Å². The predicted molar refractivity (Wildman–Crippen MR) is 132 cm³/mol. The average molecular weight is 473 g/mol. The predicted octanol–water partition coefficient (Wildman–Crippen LogP) is 7.42. The first-order valence-corrected chi connectivity index (χ1v) is 11.6. The van der Waals surface area contributed by atoms with Crippen molar-refractivity contribution in [3.63, 3.8) is 0 Å². The van der Waals surface area contributed by atoms with E-state index < -0.39 is 0 Å². The Bertz CT molecular complexity index is 1140. The lowest BCUT2D eigenvalue weighted by atomic mass is 9.77. The monoisotopic (exact) mass is 472 g/mol. The molecule has 2 aliphatic rings. The maximum atomic E-state index is 5.58. The molecule has 3 aromatic rings. The van der Waals surface area contributed by atoms with Crippen molar-refractivity contribution in [3.8, 4) is 5.75 Å². The Morgan fingerprint density at radius 2 is 1.94 bits per heavy atom. The van der Waals surface area contributed by atoms with Crippen LogP contribution in [0.1, 0.15) is 42.0 Å². The summed E-state index contributed by atoms with van der Waals surface area (Å²) in [6.07, 6.45) is 7.72. The van der Waals surface area contributed by atoms with Gasteiger partial charge in [-0.2, -0.15) is 0 Å². The molecule has 3 aromatic carbocycles. The molecule has 0 amide bonds. The summed E-state index contributed by atoms with van der Waals surface area (Å²) in [5.74, 6) is 1.91. The molecule has 0 bridgehead atoms. The van der Waals surface area contributed by atoms with Crippen molar-refractivity contribution in [1.82, 2.24) is 0 Å². The second-order valence-electron chi connectivity index (χ2n) is 8.04. The third-order valence-corrected chi connectivity index (χ3v) is 6.76. The van der Waals surface area contributed by atoms with Gasteiger partial charge in [0.25, 0.3) is 0 Å². The first kappa shape index (κ1) is 20.1. The smallest absolute Gasteiger partial charge is 0.133 e. The number of hydrogen-bond donors (Lipinski definition) is 1. The van der Waals surface area contributed by atoms with Crippen LogP contribution in [0.2, 0.25) is 0 Å². The van der Waals surface area contributed by atoms with E-state index in [1.165, 1.54) is 16.8 Å². The number of aliphatic imine (C=N–C) groups is 1. The summed E-state index contributed by atoms with van der Waals surface area (Å²) in [6, 6.07) is 23.7. The van der Waals surface area contributed by atoms with Gasteiger partial charge >= 0.3 is 0 Å². The Morgan fingerprint density at radius 1 is 1.10 bits per heavy atom. The molecule has 1 heterocycles. The number of anilines is 1. The number of halogens is 1. The van der Waals surface area contributed by atoms with Crippen LogP contribution in [0.3, 0.4) is 0 Å². The van der Waals surface area contributed by atoms with E-state index in [9.17, 15) is 0 Å². The van der Waals surface area contributed by atoms with Crippen LogP contribution in [0.4, 0.5) is 11.4 Å². The second kappa shape index (κ2) is 8.72. The average Bonchev–Trinajstić information content (AvgIpc) is 3.30. The van der Waals surface area contributed by atoms with Crippen molar-refractivity contribution in [2.75, 3.05) is 11.9 Å². The van der Waals surface area contributed by atoms with Gasteiger partial charge in [-0.3, -0.25) is 4.99 Å². The summed E-state index contributed by atoms with van der Waals surface area (Å²) < 4.78 is 6.52. The van der Waals surface area contributed by atoms with Crippen LogP contribution in [0.15, 0.2) is 88.3 Å². The molecule has 4 heteroatoms. The molecule has 0 aromatic heterocycles. The molecule has 0 saturated carbocycles. The molecule has 0 saturated heterocycles. The van der Waals surface area contributed by atoms with E-state index in [0.29, 0.717) is 24.5 Å². The minimum atomic E-state index is 0.315. The van der Waals surface area contributed by atoms with E-state index in [0.717, 1.165) is 27.9 Å². The number of rotatable bonds is 5. The zero-order chi connectivity index (χ0) is 21.2. The number of nitrogens with one attached hydrogen (secondary N) is 1. The van der Waals surface area contributed by atoms with Crippen molar-refractivity contribution in [1.29, 1.82) is 0 Å². The van der Waals surface area contributed by atoms with Gasteiger partial charge in [0, 0.05) is 17.8 Å². The minimum Gasteiger partial charge on any atom is -0.493 e. The number of allylic oxidation sites excluding steroid dienone is 2. The van der Waals surface area contributed by atoms with Gasteiger partial charge in [-0.25, -0.2) is 0 Å². The van der Waals surface area contributed by atoms with Gasteiger partial charge in [-0.15, -0.1) is 0 Å². The van der Waals surface area contributed by atoms with E-state index in [4.69, 9.17) is 4.74 Å². The fraction of sp³-hybridized carbons (Fsp3) is 0.222. The topological polar surface area (TPSA) is 33.6 Å². The van der Waals surface area contributed by atoms with Gasteiger partial charge in [-0.1, -0.05) is 42.5 Å². The van der Waals surface area contributed by atoms with Gasteiger partial charge in [0.2, 0.25) is 0 Å². The molecule has 3 atom stereocenters. The highest BCUT2D eigenvalue weighted by Gasteiger charge is 2.37. The molecule has 0 radical (unpaired) electrons. The van der Waals surface area contributed by atoms with Crippen LogP contribution in [-0.4, -0.2) is 12.8 Å². The Hall–Kier alpha value is -2.85. The fourth-order valence-electron chi connectivity index (χ4n) is 4.66. The standard InChI is InChI=1S/C27H25BrN2O/c1-2-31-26-15-10-18(16-24(26)28)17-29-20-13-11-19(12-14-20)27-23-8-5-7-21(23)22-6-3-4-9-25(22)30-27/h3-7,9-17,21,23,27,30H,2,8H2,1H3/t21-,23+,27-/m0/s1. The second-order valence-corrected chi connectivity index (χ2v) is 8.89. The van der Waals surface area contributed by atoms with Crippen LogP contribution in [0.5, 0.6) is 5.75 Å². The zero-order valence-corrected chi connectivity index (χ0v) is 19.0. The molecule has 3 nitrogen and oxygen atoms in total. The Morgan fingerprint density at radius 3 is 2.74 bits per heavy atom. The van der Waals surface area contributed by atoms with Crippen molar-refractivity contribution in [2.24, 2.45) is 10.9 Å². The maximum Gasteiger partial charge on any atom is 0.133 e. The highest BCUT2D eigenvalue weighted by atomic mass is 79.9. The number of ether oxygens (including phenoxy) is 1. The number of para-hydroxylation sites is 1. The third kappa shape index (κ3) is 4.05. The number of hydrogen-bond acceptors (Lipinski definition) is 3. The van der Waals surface area contributed by atoms with E-state index >= 15 is 0 Å². The van der Waals surface area contributed by atoms with Crippen molar-refractivity contribution < 1.29 is 4.74 Å². The van der Waals surface area contributed by atoms with Gasteiger partial charge < -0.3 is 10.1 Å². The summed E-state index contributed by atoms with van der Waals surface area (Å²) in [6.45, 7) is 2.63. The fourth-order valence-corrected chi connectivity index (χ4v) is 5.17. The van der Waals surface area contributed by atoms with E-state index in [1.807, 2.05) is 31.3 Å². The number of benzene rings is 3. The summed E-state index contributed by atoms with van der Waals surface area (Å²) in [5, 5.41) is 3.79. The van der Waals surface area contributed by atoms with Crippen LogP contribution in [0.25, 0.3) is 0 Å². The largest absolute Gasteiger partial charge is 0.493 e. The highest BCUT2D eigenvalue weighted by Crippen LogP contribution is 2.49. The summed E-state index contributed by atoms with van der Waals surface area (Å²) in [4.78, 5) is 4.66. The summed E-state index contributed by atoms with van der Waals surface area (Å²) in [7, 11) is 0.